The zero-order valence-corrected chi connectivity index (χ0v) is 20.9. The maximum Gasteiger partial charge on any atom is 0.267 e. The molecule has 1 saturated heterocycles. The van der Waals surface area contributed by atoms with Crippen LogP contribution in [0.4, 0.5) is 0 Å². The Labute approximate surface area is 217 Å². The second kappa shape index (κ2) is 13.3. The normalized spacial score (nSPS) is 15.2. The molecular weight excluding hydrogens is 468 g/mol. The first kappa shape index (κ1) is 26.0. The Morgan fingerprint density at radius 3 is 2.41 bits per heavy atom. The van der Waals surface area contributed by atoms with Gasteiger partial charge in [-0.3, -0.25) is 9.59 Å². The van der Waals surface area contributed by atoms with Crippen LogP contribution < -0.4 is 20.1 Å². The van der Waals surface area contributed by atoms with E-state index in [4.69, 9.17) is 14.2 Å². The third-order valence-electron chi connectivity index (χ3n) is 5.94. The molecule has 37 heavy (non-hydrogen) atoms. The van der Waals surface area contributed by atoms with Gasteiger partial charge in [0.25, 0.3) is 11.8 Å². The van der Waals surface area contributed by atoms with Gasteiger partial charge in [0, 0.05) is 18.7 Å². The molecule has 0 bridgehead atoms. The number of amides is 2. The van der Waals surface area contributed by atoms with Crippen LogP contribution in [0.3, 0.4) is 0 Å². The number of benzene rings is 3. The van der Waals surface area contributed by atoms with Gasteiger partial charge in [0.2, 0.25) is 0 Å². The molecule has 0 saturated carbocycles. The molecule has 3 aromatic carbocycles. The highest BCUT2D eigenvalue weighted by Gasteiger charge is 2.19. The second-order valence-corrected chi connectivity index (χ2v) is 8.75. The van der Waals surface area contributed by atoms with Crippen molar-refractivity contribution in [3.63, 3.8) is 0 Å². The topological polar surface area (TPSA) is 85.9 Å². The summed E-state index contributed by atoms with van der Waals surface area (Å²) in [6.45, 7) is 3.93. The van der Waals surface area contributed by atoms with E-state index >= 15 is 0 Å². The number of hydrogen-bond acceptors (Lipinski definition) is 5. The molecule has 1 aliphatic heterocycles. The first-order valence-corrected chi connectivity index (χ1v) is 12.5. The molecule has 1 heterocycles. The predicted molar refractivity (Wildman–Crippen MR) is 142 cm³/mol. The molecular formula is C30H32N2O5. The number of carbonyl (C=O) groups is 2. The maximum atomic E-state index is 13.0. The minimum absolute atomic E-state index is 0.00115. The fourth-order valence-corrected chi connectivity index (χ4v) is 3.91. The van der Waals surface area contributed by atoms with Crippen LogP contribution in [0.25, 0.3) is 6.08 Å². The van der Waals surface area contributed by atoms with Gasteiger partial charge in [-0.05, 0) is 67.3 Å². The largest absolute Gasteiger partial charge is 0.490 e. The van der Waals surface area contributed by atoms with Crippen LogP contribution in [0, 0.1) is 6.92 Å². The molecule has 1 atom stereocenters. The highest BCUT2D eigenvalue weighted by atomic mass is 16.5. The Hall–Kier alpha value is -4.10. The molecule has 2 amide bonds. The zero-order valence-electron chi connectivity index (χ0n) is 20.9. The SMILES string of the molecule is Cc1ccccc1OCCOc1ccc(/C=C(\NC(=O)c2ccccc2)C(=O)NC[C@H]2CCCO2)cc1. The van der Waals surface area contributed by atoms with Crippen molar-refractivity contribution >= 4 is 17.9 Å². The molecule has 3 aromatic rings. The van der Waals surface area contributed by atoms with Crippen LogP contribution >= 0.6 is 0 Å². The highest BCUT2D eigenvalue weighted by Crippen LogP contribution is 2.17. The van der Waals surface area contributed by atoms with Gasteiger partial charge in [-0.1, -0.05) is 48.5 Å². The minimum Gasteiger partial charge on any atom is -0.490 e. The summed E-state index contributed by atoms with van der Waals surface area (Å²) in [5.41, 5.74) is 2.46. The number of aryl methyl sites for hydroxylation is 1. The summed E-state index contributed by atoms with van der Waals surface area (Å²) in [6.07, 6.45) is 3.55. The Bertz CT molecular complexity index is 1200. The van der Waals surface area contributed by atoms with E-state index in [1.54, 1.807) is 30.3 Å². The van der Waals surface area contributed by atoms with E-state index in [-0.39, 0.29) is 23.6 Å². The van der Waals surface area contributed by atoms with Crippen molar-refractivity contribution in [2.45, 2.75) is 25.9 Å². The molecule has 0 aromatic heterocycles. The van der Waals surface area contributed by atoms with Gasteiger partial charge in [-0.25, -0.2) is 0 Å². The number of nitrogens with one attached hydrogen (secondary N) is 2. The summed E-state index contributed by atoms with van der Waals surface area (Å²) in [4.78, 5) is 25.7. The third kappa shape index (κ3) is 7.95. The minimum atomic E-state index is -0.367. The van der Waals surface area contributed by atoms with Crippen molar-refractivity contribution in [2.24, 2.45) is 0 Å². The fraction of sp³-hybridized carbons (Fsp3) is 0.267. The molecule has 4 rings (SSSR count). The lowest BCUT2D eigenvalue weighted by atomic mass is 10.1. The molecule has 0 radical (unpaired) electrons. The van der Waals surface area contributed by atoms with Crippen LogP contribution in [0.1, 0.15) is 34.3 Å². The Balaban J connectivity index is 1.37. The molecule has 2 N–H and O–H groups in total. The van der Waals surface area contributed by atoms with E-state index in [0.29, 0.717) is 37.7 Å². The summed E-state index contributed by atoms with van der Waals surface area (Å²) in [5.74, 6) is 0.804. The molecule has 1 aliphatic rings. The number of para-hydroxylation sites is 1. The van der Waals surface area contributed by atoms with Gasteiger partial charge in [0.15, 0.2) is 0 Å². The van der Waals surface area contributed by atoms with Crippen LogP contribution in [0.5, 0.6) is 11.5 Å². The molecule has 7 nitrogen and oxygen atoms in total. The van der Waals surface area contributed by atoms with E-state index in [1.807, 2.05) is 61.5 Å². The molecule has 0 unspecified atom stereocenters. The smallest absolute Gasteiger partial charge is 0.267 e. The zero-order chi connectivity index (χ0) is 25.9. The lowest BCUT2D eigenvalue weighted by Crippen LogP contribution is -2.38. The average molecular weight is 501 g/mol. The van der Waals surface area contributed by atoms with Crippen molar-refractivity contribution in [1.29, 1.82) is 0 Å². The van der Waals surface area contributed by atoms with Gasteiger partial charge in [0.05, 0.1) is 6.10 Å². The Kier molecular flexibility index (Phi) is 9.32. The Morgan fingerprint density at radius 1 is 0.946 bits per heavy atom. The first-order chi connectivity index (χ1) is 18.1. The van der Waals surface area contributed by atoms with E-state index in [1.165, 1.54) is 0 Å². The van der Waals surface area contributed by atoms with Crippen molar-refractivity contribution in [3.8, 4) is 11.5 Å². The number of carbonyl (C=O) groups excluding carboxylic acids is 2. The van der Waals surface area contributed by atoms with Crippen molar-refractivity contribution in [1.82, 2.24) is 10.6 Å². The van der Waals surface area contributed by atoms with Gasteiger partial charge < -0.3 is 24.8 Å². The van der Waals surface area contributed by atoms with E-state index < -0.39 is 0 Å². The first-order valence-electron chi connectivity index (χ1n) is 12.5. The van der Waals surface area contributed by atoms with Gasteiger partial charge in [-0.2, -0.15) is 0 Å². The third-order valence-corrected chi connectivity index (χ3v) is 5.94. The summed E-state index contributed by atoms with van der Waals surface area (Å²) >= 11 is 0. The summed E-state index contributed by atoms with van der Waals surface area (Å²) in [6, 6.07) is 23.9. The number of rotatable bonds is 11. The highest BCUT2D eigenvalue weighted by molar-refractivity contribution is 6.05. The molecule has 7 heteroatoms. The standard InChI is InChI=1S/C30H32N2O5/c1-22-8-5-6-12-28(22)37-19-18-36-25-15-13-23(14-16-25)20-27(30(34)31-21-26-11-7-17-35-26)32-29(33)24-9-3-2-4-10-24/h2-6,8-10,12-16,20,26H,7,11,17-19,21H2,1H3,(H,31,34)(H,32,33)/b27-20-/t26-/m1/s1. The predicted octanol–water partition coefficient (Wildman–Crippen LogP) is 4.52. The van der Waals surface area contributed by atoms with E-state index in [0.717, 1.165) is 29.7 Å². The quantitative estimate of drug-likeness (QED) is 0.299. The molecule has 0 spiro atoms. The van der Waals surface area contributed by atoms with Crippen molar-refractivity contribution < 1.29 is 23.8 Å². The number of ether oxygens (including phenoxy) is 3. The van der Waals surface area contributed by atoms with Crippen molar-refractivity contribution in [3.05, 3.63) is 101 Å². The lowest BCUT2D eigenvalue weighted by Gasteiger charge is -2.14. The van der Waals surface area contributed by atoms with Gasteiger partial charge in [-0.15, -0.1) is 0 Å². The van der Waals surface area contributed by atoms with Gasteiger partial charge >= 0.3 is 0 Å². The van der Waals surface area contributed by atoms with E-state index in [2.05, 4.69) is 10.6 Å². The lowest BCUT2D eigenvalue weighted by molar-refractivity contribution is -0.118. The fourth-order valence-electron chi connectivity index (χ4n) is 3.91. The summed E-state index contributed by atoms with van der Waals surface area (Å²) in [7, 11) is 0. The molecule has 0 aliphatic carbocycles. The number of hydrogen-bond donors (Lipinski definition) is 2. The monoisotopic (exact) mass is 500 g/mol. The summed E-state index contributed by atoms with van der Waals surface area (Å²) < 4.78 is 17.1. The molecule has 192 valence electrons. The maximum absolute atomic E-state index is 13.0. The van der Waals surface area contributed by atoms with Crippen molar-refractivity contribution in [2.75, 3.05) is 26.4 Å². The van der Waals surface area contributed by atoms with Crippen LogP contribution in [-0.2, 0) is 9.53 Å². The molecule has 1 fully saturated rings. The van der Waals surface area contributed by atoms with Crippen LogP contribution in [-0.4, -0.2) is 44.3 Å². The summed E-state index contributed by atoms with van der Waals surface area (Å²) in [5, 5.41) is 5.63. The Morgan fingerprint density at radius 2 is 1.68 bits per heavy atom. The van der Waals surface area contributed by atoms with Gasteiger partial charge in [0.1, 0.15) is 30.4 Å². The van der Waals surface area contributed by atoms with E-state index in [9.17, 15) is 9.59 Å². The average Bonchev–Trinajstić information content (AvgIpc) is 3.45. The van der Waals surface area contributed by atoms with Crippen LogP contribution in [0.2, 0.25) is 0 Å². The van der Waals surface area contributed by atoms with Crippen LogP contribution in [0.15, 0.2) is 84.6 Å². The second-order valence-electron chi connectivity index (χ2n) is 8.75.